The monoisotopic (exact) mass is 357 g/mol. The zero-order valence-electron chi connectivity index (χ0n) is 15.1. The van der Waals surface area contributed by atoms with Crippen LogP contribution in [0.2, 0.25) is 0 Å². The van der Waals surface area contributed by atoms with E-state index in [1.54, 1.807) is 6.33 Å². The van der Waals surface area contributed by atoms with Crippen LogP contribution < -0.4 is 10.2 Å². The average Bonchev–Trinajstić information content (AvgIpc) is 2.92. The molecule has 0 spiro atoms. The van der Waals surface area contributed by atoms with Gasteiger partial charge in [-0.25, -0.2) is 9.97 Å². The van der Waals surface area contributed by atoms with Gasteiger partial charge in [0, 0.05) is 38.7 Å². The molecule has 1 fully saturated rings. The first kappa shape index (κ1) is 17.2. The Balaban J connectivity index is 1.42. The molecule has 1 unspecified atom stereocenters. The molecule has 2 aliphatic rings. The molecule has 0 radical (unpaired) electrons. The van der Waals surface area contributed by atoms with Crippen molar-refractivity contribution in [2.24, 2.45) is 5.92 Å². The maximum absolute atomic E-state index is 9.43. The molecule has 0 aromatic carbocycles. The predicted octanol–water partition coefficient (Wildman–Crippen LogP) is 1.62. The van der Waals surface area contributed by atoms with E-state index in [0.29, 0.717) is 12.5 Å². The number of nitrogens with one attached hydrogen (secondary N) is 1. The largest absolute Gasteiger partial charge is 0.396 e. The van der Waals surface area contributed by atoms with E-state index in [1.165, 1.54) is 19.3 Å². The van der Waals surface area contributed by atoms with E-state index in [0.717, 1.165) is 62.2 Å². The lowest BCUT2D eigenvalue weighted by Crippen LogP contribution is -2.37. The minimum Gasteiger partial charge on any atom is -0.396 e. The van der Waals surface area contributed by atoms with Crippen LogP contribution in [0.15, 0.2) is 12.4 Å². The standard InChI is InChI=1S/C18H27N7O/c26-12-14-5-4-7-24(11-14)17-9-15(20-13-21-17)19-10-18-23-22-16-6-2-1-3-8-25(16)18/h9,13-14,26H,1-8,10-12H2,(H,19,20,21). The first-order valence-corrected chi connectivity index (χ1v) is 9.66. The van der Waals surface area contributed by atoms with Gasteiger partial charge in [-0.1, -0.05) is 6.42 Å². The summed E-state index contributed by atoms with van der Waals surface area (Å²) in [7, 11) is 0. The Morgan fingerprint density at radius 1 is 1.12 bits per heavy atom. The Kier molecular flexibility index (Phi) is 5.29. The second kappa shape index (κ2) is 7.99. The van der Waals surface area contributed by atoms with Crippen LogP contribution in [0.3, 0.4) is 0 Å². The van der Waals surface area contributed by atoms with Crippen LogP contribution >= 0.6 is 0 Å². The Hall–Kier alpha value is -2.22. The first-order valence-electron chi connectivity index (χ1n) is 9.66. The Labute approximate surface area is 153 Å². The highest BCUT2D eigenvalue weighted by molar-refractivity contribution is 5.48. The lowest BCUT2D eigenvalue weighted by Gasteiger charge is -2.32. The predicted molar refractivity (Wildman–Crippen MR) is 99.0 cm³/mol. The van der Waals surface area contributed by atoms with Crippen molar-refractivity contribution >= 4 is 11.6 Å². The minimum absolute atomic E-state index is 0.241. The van der Waals surface area contributed by atoms with Crippen LogP contribution in [0.25, 0.3) is 0 Å². The Bertz CT molecular complexity index is 732. The fraction of sp³-hybridized carbons (Fsp3) is 0.667. The SMILES string of the molecule is OCC1CCCN(c2cc(NCc3nnc4n3CCCCC4)ncn2)C1. The summed E-state index contributed by atoms with van der Waals surface area (Å²) in [4.78, 5) is 11.0. The van der Waals surface area contributed by atoms with Crippen LogP contribution in [0.1, 0.15) is 43.8 Å². The maximum Gasteiger partial charge on any atom is 0.152 e. The first-order chi connectivity index (χ1) is 12.8. The maximum atomic E-state index is 9.43. The van der Waals surface area contributed by atoms with Gasteiger partial charge in [0.15, 0.2) is 5.82 Å². The Morgan fingerprint density at radius 3 is 3.00 bits per heavy atom. The van der Waals surface area contributed by atoms with E-state index in [1.807, 2.05) is 6.07 Å². The molecule has 1 atom stereocenters. The third-order valence-corrected chi connectivity index (χ3v) is 5.37. The van der Waals surface area contributed by atoms with Crippen molar-refractivity contribution in [1.82, 2.24) is 24.7 Å². The molecule has 2 aliphatic heterocycles. The summed E-state index contributed by atoms with van der Waals surface area (Å²) in [6.07, 6.45) is 8.44. The van der Waals surface area contributed by atoms with Crippen LogP contribution in [-0.2, 0) is 19.5 Å². The van der Waals surface area contributed by atoms with E-state index in [9.17, 15) is 5.11 Å². The molecule has 26 heavy (non-hydrogen) atoms. The molecule has 0 saturated carbocycles. The number of nitrogens with zero attached hydrogens (tertiary/aromatic N) is 6. The van der Waals surface area contributed by atoms with Crippen molar-refractivity contribution in [2.45, 2.75) is 51.6 Å². The van der Waals surface area contributed by atoms with Gasteiger partial charge in [-0.2, -0.15) is 0 Å². The van der Waals surface area contributed by atoms with Crippen LogP contribution in [-0.4, -0.2) is 49.5 Å². The number of hydrogen-bond acceptors (Lipinski definition) is 7. The summed E-state index contributed by atoms with van der Waals surface area (Å²) in [5.41, 5.74) is 0. The molecular formula is C18H27N7O. The third-order valence-electron chi connectivity index (χ3n) is 5.37. The highest BCUT2D eigenvalue weighted by atomic mass is 16.3. The number of anilines is 2. The molecule has 2 aromatic heterocycles. The fourth-order valence-electron chi connectivity index (χ4n) is 3.88. The highest BCUT2D eigenvalue weighted by Gasteiger charge is 2.21. The van der Waals surface area contributed by atoms with Gasteiger partial charge in [-0.05, 0) is 31.6 Å². The zero-order valence-corrected chi connectivity index (χ0v) is 15.1. The molecular weight excluding hydrogens is 330 g/mol. The van der Waals surface area contributed by atoms with Crippen LogP contribution in [0, 0.1) is 5.92 Å². The topological polar surface area (TPSA) is 92.0 Å². The molecule has 8 heteroatoms. The number of aromatic nitrogens is 5. The number of rotatable bonds is 5. The van der Waals surface area contributed by atoms with Gasteiger partial charge in [0.05, 0.1) is 6.54 Å². The Morgan fingerprint density at radius 2 is 2.08 bits per heavy atom. The van der Waals surface area contributed by atoms with Crippen molar-refractivity contribution < 1.29 is 5.11 Å². The lowest BCUT2D eigenvalue weighted by molar-refractivity contribution is 0.208. The van der Waals surface area contributed by atoms with E-state index in [4.69, 9.17) is 0 Å². The number of hydrogen-bond donors (Lipinski definition) is 2. The number of aryl methyl sites for hydroxylation is 1. The normalized spacial score (nSPS) is 20.5. The summed E-state index contributed by atoms with van der Waals surface area (Å²) >= 11 is 0. The lowest BCUT2D eigenvalue weighted by atomic mass is 9.99. The zero-order chi connectivity index (χ0) is 17.8. The van der Waals surface area contributed by atoms with E-state index >= 15 is 0 Å². The van der Waals surface area contributed by atoms with Crippen molar-refractivity contribution in [3.63, 3.8) is 0 Å². The molecule has 4 rings (SSSR count). The summed E-state index contributed by atoms with van der Waals surface area (Å²) in [6, 6.07) is 1.99. The van der Waals surface area contributed by atoms with Gasteiger partial charge >= 0.3 is 0 Å². The molecule has 4 heterocycles. The van der Waals surface area contributed by atoms with E-state index < -0.39 is 0 Å². The van der Waals surface area contributed by atoms with E-state index in [2.05, 4.69) is 34.9 Å². The molecule has 8 nitrogen and oxygen atoms in total. The smallest absolute Gasteiger partial charge is 0.152 e. The van der Waals surface area contributed by atoms with Gasteiger partial charge < -0.3 is 19.9 Å². The fourth-order valence-corrected chi connectivity index (χ4v) is 3.88. The van der Waals surface area contributed by atoms with Crippen molar-refractivity contribution in [2.75, 3.05) is 29.9 Å². The molecule has 1 saturated heterocycles. The highest BCUT2D eigenvalue weighted by Crippen LogP contribution is 2.23. The molecule has 2 N–H and O–H groups in total. The summed E-state index contributed by atoms with van der Waals surface area (Å²) in [5, 5.41) is 21.5. The molecule has 2 aromatic rings. The molecule has 0 amide bonds. The molecule has 0 aliphatic carbocycles. The second-order valence-corrected chi connectivity index (χ2v) is 7.25. The van der Waals surface area contributed by atoms with Crippen molar-refractivity contribution in [1.29, 1.82) is 0 Å². The number of aliphatic hydroxyl groups excluding tert-OH is 1. The van der Waals surface area contributed by atoms with Gasteiger partial charge in [0.1, 0.15) is 23.8 Å². The summed E-state index contributed by atoms with van der Waals surface area (Å²) in [5.74, 6) is 4.13. The summed E-state index contributed by atoms with van der Waals surface area (Å²) < 4.78 is 2.25. The van der Waals surface area contributed by atoms with Gasteiger partial charge in [-0.15, -0.1) is 10.2 Å². The van der Waals surface area contributed by atoms with Gasteiger partial charge in [-0.3, -0.25) is 0 Å². The average molecular weight is 357 g/mol. The third kappa shape index (κ3) is 3.80. The quantitative estimate of drug-likeness (QED) is 0.840. The van der Waals surface area contributed by atoms with E-state index in [-0.39, 0.29) is 6.61 Å². The second-order valence-electron chi connectivity index (χ2n) is 7.25. The number of fused-ring (bicyclic) bond motifs is 1. The minimum atomic E-state index is 0.241. The molecule has 0 bridgehead atoms. The van der Waals surface area contributed by atoms with Crippen molar-refractivity contribution in [3.05, 3.63) is 24.0 Å². The summed E-state index contributed by atoms with van der Waals surface area (Å²) in [6.45, 7) is 3.69. The number of piperidine rings is 1. The van der Waals surface area contributed by atoms with Crippen LogP contribution in [0.5, 0.6) is 0 Å². The van der Waals surface area contributed by atoms with Gasteiger partial charge in [0.25, 0.3) is 0 Å². The number of aliphatic hydroxyl groups is 1. The molecule has 140 valence electrons. The van der Waals surface area contributed by atoms with Gasteiger partial charge in [0.2, 0.25) is 0 Å². The van der Waals surface area contributed by atoms with Crippen molar-refractivity contribution in [3.8, 4) is 0 Å². The van der Waals surface area contributed by atoms with Crippen LogP contribution in [0.4, 0.5) is 11.6 Å².